The molecule has 0 radical (unpaired) electrons. The number of rotatable bonds is 3. The number of pyridine rings is 1. The average Bonchev–Trinajstić information content (AvgIpc) is 3.12. The monoisotopic (exact) mass is 345 g/mol. The van der Waals surface area contributed by atoms with E-state index in [1.165, 1.54) is 18.2 Å². The minimum Gasteiger partial charge on any atom is -0.469 e. The van der Waals surface area contributed by atoms with Gasteiger partial charge in [0.15, 0.2) is 0 Å². The van der Waals surface area contributed by atoms with E-state index in [2.05, 4.69) is 42.2 Å². The van der Waals surface area contributed by atoms with E-state index in [-0.39, 0.29) is 12.4 Å². The van der Waals surface area contributed by atoms with Crippen LogP contribution in [0.1, 0.15) is 16.7 Å². The van der Waals surface area contributed by atoms with Crippen LogP contribution in [0.25, 0.3) is 33.1 Å². The number of H-pyrrole nitrogens is 1. The van der Waals surface area contributed by atoms with E-state index < -0.39 is 0 Å². The summed E-state index contributed by atoms with van der Waals surface area (Å²) in [6.07, 6.45) is 1.97. The number of nitrogens with one attached hydrogen (secondary N) is 1. The maximum Gasteiger partial charge on any atom is 0.310 e. The molecule has 0 aliphatic rings. The van der Waals surface area contributed by atoms with Gasteiger partial charge in [0.05, 0.1) is 36.5 Å². The molecule has 4 rings (SSSR count). The van der Waals surface area contributed by atoms with Gasteiger partial charge < -0.3 is 4.74 Å². The second-order valence-electron chi connectivity index (χ2n) is 6.51. The Morgan fingerprint density at radius 3 is 2.73 bits per heavy atom. The number of aromatic nitrogens is 3. The Hall–Kier alpha value is -3.21. The fourth-order valence-electron chi connectivity index (χ4n) is 3.25. The topological polar surface area (TPSA) is 67.9 Å². The van der Waals surface area contributed by atoms with Gasteiger partial charge in [0.2, 0.25) is 0 Å². The number of nitrogens with zero attached hydrogens (tertiary/aromatic N) is 2. The van der Waals surface area contributed by atoms with Crippen molar-refractivity contribution in [3.63, 3.8) is 0 Å². The van der Waals surface area contributed by atoms with Gasteiger partial charge in [0, 0.05) is 16.3 Å². The van der Waals surface area contributed by atoms with E-state index in [1.807, 2.05) is 18.2 Å². The van der Waals surface area contributed by atoms with E-state index in [4.69, 9.17) is 9.72 Å². The number of benzene rings is 2. The SMILES string of the molecule is COC(=O)Cc1cc(-c2ccc(C)c(C)c2)nc2ccc3[nH]ncc3c12. The largest absolute Gasteiger partial charge is 0.469 e. The number of esters is 1. The molecule has 2 heterocycles. The number of aryl methyl sites for hydroxylation is 2. The molecule has 2 aromatic carbocycles. The Labute approximate surface area is 151 Å². The molecule has 0 atom stereocenters. The van der Waals surface area contributed by atoms with Crippen LogP contribution in [-0.4, -0.2) is 28.3 Å². The molecule has 26 heavy (non-hydrogen) atoms. The zero-order valence-electron chi connectivity index (χ0n) is 15.0. The molecule has 0 amide bonds. The van der Waals surface area contributed by atoms with Crippen LogP contribution in [0.4, 0.5) is 0 Å². The van der Waals surface area contributed by atoms with Gasteiger partial charge in [-0.15, -0.1) is 0 Å². The Balaban J connectivity index is 1.99. The van der Waals surface area contributed by atoms with Crippen LogP contribution >= 0.6 is 0 Å². The van der Waals surface area contributed by atoms with Gasteiger partial charge in [-0.3, -0.25) is 9.89 Å². The second kappa shape index (κ2) is 6.26. The zero-order valence-corrected chi connectivity index (χ0v) is 15.0. The first-order valence-electron chi connectivity index (χ1n) is 8.47. The molecule has 0 fully saturated rings. The van der Waals surface area contributed by atoms with E-state index >= 15 is 0 Å². The van der Waals surface area contributed by atoms with E-state index in [9.17, 15) is 4.79 Å². The van der Waals surface area contributed by atoms with Crippen LogP contribution in [0.2, 0.25) is 0 Å². The van der Waals surface area contributed by atoms with Crippen molar-refractivity contribution < 1.29 is 9.53 Å². The highest BCUT2D eigenvalue weighted by atomic mass is 16.5. The summed E-state index contributed by atoms with van der Waals surface area (Å²) in [7, 11) is 1.41. The average molecular weight is 345 g/mol. The van der Waals surface area contributed by atoms with Crippen molar-refractivity contribution >= 4 is 27.8 Å². The lowest BCUT2D eigenvalue weighted by atomic mass is 9.98. The summed E-state index contributed by atoms with van der Waals surface area (Å²) in [4.78, 5) is 16.8. The number of hydrogen-bond donors (Lipinski definition) is 1. The molecule has 5 heteroatoms. The molecule has 130 valence electrons. The van der Waals surface area contributed by atoms with E-state index in [0.29, 0.717) is 0 Å². The standard InChI is InChI=1S/C21H19N3O2/c1-12-4-5-14(8-13(12)2)19-9-15(10-20(25)26-3)21-16-11-22-24-17(16)6-7-18(21)23-19/h4-9,11H,10H2,1-3H3,(H,22,24). The molecule has 0 saturated heterocycles. The molecule has 0 unspecified atom stereocenters. The third-order valence-electron chi connectivity index (χ3n) is 4.84. The molecule has 5 nitrogen and oxygen atoms in total. The Morgan fingerprint density at radius 1 is 1.12 bits per heavy atom. The number of carbonyl (C=O) groups is 1. The van der Waals surface area contributed by atoms with Crippen LogP contribution in [0.15, 0.2) is 42.6 Å². The smallest absolute Gasteiger partial charge is 0.310 e. The number of carbonyl (C=O) groups excluding carboxylic acids is 1. The molecule has 0 saturated carbocycles. The van der Waals surface area contributed by atoms with Gasteiger partial charge in [-0.05, 0) is 54.8 Å². The lowest BCUT2D eigenvalue weighted by Gasteiger charge is -2.11. The predicted octanol–water partition coefficient (Wildman–Crippen LogP) is 4.11. The maximum atomic E-state index is 12.0. The predicted molar refractivity (Wildman–Crippen MR) is 102 cm³/mol. The van der Waals surface area contributed by atoms with Gasteiger partial charge >= 0.3 is 5.97 Å². The first kappa shape index (κ1) is 16.3. The van der Waals surface area contributed by atoms with Gasteiger partial charge in [-0.1, -0.05) is 12.1 Å². The Kier molecular flexibility index (Phi) is 3.92. The number of ether oxygens (including phenoxy) is 1. The molecule has 2 aromatic heterocycles. The third-order valence-corrected chi connectivity index (χ3v) is 4.84. The van der Waals surface area contributed by atoms with Crippen LogP contribution in [0.3, 0.4) is 0 Å². The van der Waals surface area contributed by atoms with Crippen molar-refractivity contribution in [1.82, 2.24) is 15.2 Å². The van der Waals surface area contributed by atoms with Crippen LogP contribution in [-0.2, 0) is 16.0 Å². The second-order valence-corrected chi connectivity index (χ2v) is 6.51. The normalized spacial score (nSPS) is 11.2. The first-order valence-corrected chi connectivity index (χ1v) is 8.47. The molecule has 0 aliphatic carbocycles. The number of aromatic amines is 1. The Morgan fingerprint density at radius 2 is 1.96 bits per heavy atom. The molecule has 4 aromatic rings. The first-order chi connectivity index (χ1) is 12.6. The maximum absolute atomic E-state index is 12.0. The highest BCUT2D eigenvalue weighted by Gasteiger charge is 2.15. The van der Waals surface area contributed by atoms with Crippen molar-refractivity contribution in [1.29, 1.82) is 0 Å². The van der Waals surface area contributed by atoms with E-state index in [0.717, 1.165) is 38.6 Å². The van der Waals surface area contributed by atoms with Crippen LogP contribution < -0.4 is 0 Å². The quantitative estimate of drug-likeness (QED) is 0.567. The number of hydrogen-bond acceptors (Lipinski definition) is 4. The summed E-state index contributed by atoms with van der Waals surface area (Å²) >= 11 is 0. The molecule has 0 bridgehead atoms. The summed E-state index contributed by atoms with van der Waals surface area (Å²) in [6.45, 7) is 4.18. The minimum atomic E-state index is -0.274. The third kappa shape index (κ3) is 2.71. The molecular formula is C21H19N3O2. The van der Waals surface area contributed by atoms with Crippen LogP contribution in [0.5, 0.6) is 0 Å². The summed E-state index contributed by atoms with van der Waals surface area (Å²) in [5.41, 5.74) is 6.99. The fourth-order valence-corrected chi connectivity index (χ4v) is 3.25. The van der Waals surface area contributed by atoms with Crippen LogP contribution in [0, 0.1) is 13.8 Å². The lowest BCUT2D eigenvalue weighted by Crippen LogP contribution is -2.06. The fraction of sp³-hybridized carbons (Fsp3) is 0.190. The summed E-state index contributed by atoms with van der Waals surface area (Å²) < 4.78 is 4.89. The van der Waals surface area contributed by atoms with E-state index in [1.54, 1.807) is 6.20 Å². The Bertz CT molecular complexity index is 1140. The van der Waals surface area contributed by atoms with Gasteiger partial charge in [0.1, 0.15) is 0 Å². The van der Waals surface area contributed by atoms with Gasteiger partial charge in [-0.2, -0.15) is 5.10 Å². The van der Waals surface area contributed by atoms with Crippen molar-refractivity contribution in [2.75, 3.05) is 7.11 Å². The summed E-state index contributed by atoms with van der Waals surface area (Å²) in [5.74, 6) is -0.274. The lowest BCUT2D eigenvalue weighted by molar-refractivity contribution is -0.139. The summed E-state index contributed by atoms with van der Waals surface area (Å²) in [5, 5.41) is 8.99. The molecule has 1 N–H and O–H groups in total. The van der Waals surface area contributed by atoms with Crippen molar-refractivity contribution in [3.05, 3.63) is 59.3 Å². The van der Waals surface area contributed by atoms with Crippen molar-refractivity contribution in [3.8, 4) is 11.3 Å². The molecule has 0 aliphatic heterocycles. The molecular weight excluding hydrogens is 326 g/mol. The highest BCUT2D eigenvalue weighted by molar-refractivity contribution is 6.07. The van der Waals surface area contributed by atoms with Gasteiger partial charge in [-0.25, -0.2) is 4.98 Å². The number of methoxy groups -OCH3 is 1. The van der Waals surface area contributed by atoms with Crippen molar-refractivity contribution in [2.45, 2.75) is 20.3 Å². The summed E-state index contributed by atoms with van der Waals surface area (Å²) in [6, 6.07) is 12.2. The van der Waals surface area contributed by atoms with Gasteiger partial charge in [0.25, 0.3) is 0 Å². The number of fused-ring (bicyclic) bond motifs is 3. The zero-order chi connectivity index (χ0) is 18.3. The highest BCUT2D eigenvalue weighted by Crippen LogP contribution is 2.31. The molecule has 0 spiro atoms. The minimum absolute atomic E-state index is 0.192. The van der Waals surface area contributed by atoms with Crippen molar-refractivity contribution in [2.24, 2.45) is 0 Å².